The molecule has 0 saturated heterocycles. The van der Waals surface area contributed by atoms with Crippen LogP contribution in [0.4, 0.5) is 0 Å². The largest absolute Gasteiger partial charge is 0.330 e. The maximum absolute atomic E-state index is 12.2. The number of carbonyl (C=O) groups excluding carboxylic acids is 1. The van der Waals surface area contributed by atoms with Gasteiger partial charge in [-0.05, 0) is 24.3 Å². The number of nitrogens with one attached hydrogen (secondary N) is 1. The highest BCUT2D eigenvalue weighted by molar-refractivity contribution is 6.36. The van der Waals surface area contributed by atoms with Crippen molar-refractivity contribution in [1.82, 2.24) is 15.0 Å². The monoisotopic (exact) mass is 374 g/mol. The molecule has 0 radical (unpaired) electrons. The predicted molar refractivity (Wildman–Crippen MR) is 101 cm³/mol. The van der Waals surface area contributed by atoms with Crippen molar-refractivity contribution in [3.63, 3.8) is 0 Å². The molecule has 1 N–H and O–H groups in total. The molecule has 1 heterocycles. The lowest BCUT2D eigenvalue weighted by molar-refractivity contribution is -0.124. The molecule has 1 amide bonds. The Bertz CT molecular complexity index is 936. The average molecular weight is 375 g/mol. The molecule has 0 fully saturated rings. The van der Waals surface area contributed by atoms with E-state index in [0.29, 0.717) is 22.2 Å². The summed E-state index contributed by atoms with van der Waals surface area (Å²) in [6.45, 7) is 2.36. The van der Waals surface area contributed by atoms with Gasteiger partial charge in [0.2, 0.25) is 5.91 Å². The number of rotatable bonds is 5. The van der Waals surface area contributed by atoms with Crippen LogP contribution < -0.4 is 5.43 Å². The maximum atomic E-state index is 12.2. The van der Waals surface area contributed by atoms with Crippen molar-refractivity contribution in [3.05, 3.63) is 64.4 Å². The Morgan fingerprint density at radius 3 is 2.92 bits per heavy atom. The summed E-state index contributed by atoms with van der Waals surface area (Å²) in [5.41, 5.74) is 5.13. The molecule has 0 saturated carbocycles. The number of hydrogen-bond donors (Lipinski definition) is 1. The minimum absolute atomic E-state index is 0.181. The lowest BCUT2D eigenvalue weighted by Gasteiger charge is -2.11. The number of halogens is 2. The van der Waals surface area contributed by atoms with Crippen LogP contribution in [-0.4, -0.2) is 21.7 Å². The van der Waals surface area contributed by atoms with Crippen LogP contribution in [0.2, 0.25) is 10.0 Å². The van der Waals surface area contributed by atoms with E-state index in [9.17, 15) is 4.79 Å². The highest BCUT2D eigenvalue weighted by Gasteiger charge is 2.14. The fourth-order valence-corrected chi connectivity index (χ4v) is 2.87. The van der Waals surface area contributed by atoms with Gasteiger partial charge in [-0.1, -0.05) is 48.3 Å². The quantitative estimate of drug-likeness (QED) is 0.539. The smallest absolute Gasteiger partial charge is 0.244 e. The van der Waals surface area contributed by atoms with Gasteiger partial charge in [-0.15, -0.1) is 0 Å². The van der Waals surface area contributed by atoms with Crippen LogP contribution >= 0.6 is 23.2 Å². The van der Waals surface area contributed by atoms with Gasteiger partial charge in [0.1, 0.15) is 0 Å². The highest BCUT2D eigenvalue weighted by Crippen LogP contribution is 2.19. The first kappa shape index (κ1) is 17.5. The molecule has 5 nitrogen and oxygen atoms in total. The summed E-state index contributed by atoms with van der Waals surface area (Å²) in [7, 11) is 0. The van der Waals surface area contributed by atoms with Crippen molar-refractivity contribution < 1.29 is 4.79 Å². The number of aromatic nitrogens is 2. The molecular formula is C18H16Cl2N4O. The van der Waals surface area contributed by atoms with E-state index < -0.39 is 0 Å². The molecule has 7 heteroatoms. The van der Waals surface area contributed by atoms with Gasteiger partial charge in [0.15, 0.2) is 0 Å². The molecule has 0 bridgehead atoms. The van der Waals surface area contributed by atoms with Gasteiger partial charge in [0, 0.05) is 17.1 Å². The van der Waals surface area contributed by atoms with Crippen molar-refractivity contribution in [3.8, 4) is 0 Å². The molecule has 0 aliphatic heterocycles. The standard InChI is InChI=1S/C18H16Cl2N4O/c1-12(10-24-11-21-16-4-2-3-5-17(16)24)18(25)23-22-9-13-6-7-14(19)8-15(13)20/h2-9,11-12H,10H2,1H3,(H,23,25). The van der Waals surface area contributed by atoms with E-state index in [1.807, 2.05) is 35.8 Å². The summed E-state index contributed by atoms with van der Waals surface area (Å²) < 4.78 is 1.96. The van der Waals surface area contributed by atoms with Crippen LogP contribution in [0.1, 0.15) is 12.5 Å². The summed E-state index contributed by atoms with van der Waals surface area (Å²) in [6, 6.07) is 12.9. The molecule has 25 heavy (non-hydrogen) atoms. The zero-order chi connectivity index (χ0) is 17.8. The summed E-state index contributed by atoms with van der Waals surface area (Å²) >= 11 is 11.9. The van der Waals surface area contributed by atoms with E-state index in [1.165, 1.54) is 6.21 Å². The van der Waals surface area contributed by atoms with Crippen molar-refractivity contribution >= 4 is 46.4 Å². The number of para-hydroxylation sites is 2. The Morgan fingerprint density at radius 2 is 2.12 bits per heavy atom. The van der Waals surface area contributed by atoms with Crippen LogP contribution in [0.15, 0.2) is 53.9 Å². The first-order valence-electron chi connectivity index (χ1n) is 7.72. The molecular weight excluding hydrogens is 359 g/mol. The lowest BCUT2D eigenvalue weighted by Crippen LogP contribution is -2.27. The molecule has 1 unspecified atom stereocenters. The number of hydrazone groups is 1. The summed E-state index contributed by atoms with van der Waals surface area (Å²) in [5, 5.41) is 4.99. The minimum atomic E-state index is -0.268. The second-order valence-corrected chi connectivity index (χ2v) is 6.53. The number of benzene rings is 2. The van der Waals surface area contributed by atoms with Gasteiger partial charge >= 0.3 is 0 Å². The van der Waals surface area contributed by atoms with Crippen molar-refractivity contribution in [1.29, 1.82) is 0 Å². The second kappa shape index (κ2) is 7.68. The number of fused-ring (bicyclic) bond motifs is 1. The van der Waals surface area contributed by atoms with Gasteiger partial charge in [0.25, 0.3) is 0 Å². The number of imidazole rings is 1. The molecule has 3 aromatic rings. The third-order valence-corrected chi connectivity index (χ3v) is 4.35. The van der Waals surface area contributed by atoms with Crippen LogP contribution in [0.3, 0.4) is 0 Å². The van der Waals surface area contributed by atoms with E-state index in [2.05, 4.69) is 15.5 Å². The number of hydrogen-bond acceptors (Lipinski definition) is 3. The Kier molecular flexibility index (Phi) is 5.36. The summed E-state index contributed by atoms with van der Waals surface area (Å²) in [4.78, 5) is 16.5. The number of amides is 1. The van der Waals surface area contributed by atoms with Crippen molar-refractivity contribution in [2.75, 3.05) is 0 Å². The summed E-state index contributed by atoms with van der Waals surface area (Å²) in [6.07, 6.45) is 3.24. The predicted octanol–water partition coefficient (Wildman–Crippen LogP) is 4.13. The lowest BCUT2D eigenvalue weighted by atomic mass is 10.1. The van der Waals surface area contributed by atoms with Gasteiger partial charge in [-0.25, -0.2) is 10.4 Å². The average Bonchev–Trinajstić information content (AvgIpc) is 3.00. The zero-order valence-corrected chi connectivity index (χ0v) is 15.0. The van der Waals surface area contributed by atoms with E-state index in [4.69, 9.17) is 23.2 Å². The summed E-state index contributed by atoms with van der Waals surface area (Å²) in [5.74, 6) is -0.449. The highest BCUT2D eigenvalue weighted by atomic mass is 35.5. The Balaban J connectivity index is 1.62. The van der Waals surface area contributed by atoms with Crippen LogP contribution in [0.5, 0.6) is 0 Å². The van der Waals surface area contributed by atoms with Crippen LogP contribution in [0, 0.1) is 5.92 Å². The SMILES string of the molecule is CC(Cn1cnc2ccccc21)C(=O)NN=Cc1ccc(Cl)cc1Cl. The van der Waals surface area contributed by atoms with Gasteiger partial charge < -0.3 is 4.57 Å². The van der Waals surface area contributed by atoms with Crippen molar-refractivity contribution in [2.24, 2.45) is 11.0 Å². The zero-order valence-electron chi connectivity index (χ0n) is 13.5. The van der Waals surface area contributed by atoms with Crippen LogP contribution in [0.25, 0.3) is 11.0 Å². The first-order valence-corrected chi connectivity index (χ1v) is 8.48. The van der Waals surface area contributed by atoms with E-state index in [1.54, 1.807) is 24.5 Å². The van der Waals surface area contributed by atoms with E-state index >= 15 is 0 Å². The Labute approximate surface area is 155 Å². The maximum Gasteiger partial charge on any atom is 0.244 e. The second-order valence-electron chi connectivity index (χ2n) is 5.69. The Morgan fingerprint density at radius 1 is 1.32 bits per heavy atom. The number of nitrogens with zero attached hydrogens (tertiary/aromatic N) is 3. The van der Waals surface area contributed by atoms with Crippen molar-refractivity contribution in [2.45, 2.75) is 13.5 Å². The fraction of sp³-hybridized carbons (Fsp3) is 0.167. The number of carbonyl (C=O) groups is 1. The molecule has 0 aliphatic rings. The third-order valence-electron chi connectivity index (χ3n) is 3.79. The van der Waals surface area contributed by atoms with E-state index in [-0.39, 0.29) is 11.8 Å². The molecule has 2 aromatic carbocycles. The molecule has 0 aliphatic carbocycles. The molecule has 1 atom stereocenters. The Hall–Kier alpha value is -2.37. The van der Waals surface area contributed by atoms with E-state index in [0.717, 1.165) is 11.0 Å². The molecule has 0 spiro atoms. The van der Waals surface area contributed by atoms with Gasteiger partial charge in [0.05, 0.1) is 34.5 Å². The van der Waals surface area contributed by atoms with Gasteiger partial charge in [-0.2, -0.15) is 5.10 Å². The third kappa shape index (κ3) is 4.18. The first-order chi connectivity index (χ1) is 12.0. The van der Waals surface area contributed by atoms with Gasteiger partial charge in [-0.3, -0.25) is 4.79 Å². The molecule has 1 aromatic heterocycles. The molecule has 3 rings (SSSR count). The topological polar surface area (TPSA) is 59.3 Å². The minimum Gasteiger partial charge on any atom is -0.330 e. The molecule has 128 valence electrons. The van der Waals surface area contributed by atoms with Crippen LogP contribution in [-0.2, 0) is 11.3 Å². The fourth-order valence-electron chi connectivity index (χ4n) is 2.42. The normalized spacial score (nSPS) is 12.6.